The van der Waals surface area contributed by atoms with Gasteiger partial charge in [0, 0.05) is 10.7 Å². The Hall–Kier alpha value is -2.15. The van der Waals surface area contributed by atoms with E-state index in [1.165, 1.54) is 10.6 Å². The van der Waals surface area contributed by atoms with Crippen LogP contribution in [0, 0.1) is 4.77 Å². The van der Waals surface area contributed by atoms with Crippen molar-refractivity contribution < 1.29 is 4.90 Å². The van der Waals surface area contributed by atoms with E-state index < -0.39 is 0 Å². The molecule has 0 radical (unpaired) electrons. The summed E-state index contributed by atoms with van der Waals surface area (Å²) >= 11 is 11.7. The molecule has 1 aromatic heterocycles. The first kappa shape index (κ1) is 17.3. The molecule has 0 saturated carbocycles. The largest absolute Gasteiger partial charge is 0.360 e. The summed E-state index contributed by atoms with van der Waals surface area (Å²) in [6.07, 6.45) is 1.77. The predicted molar refractivity (Wildman–Crippen MR) is 107 cm³/mol. The number of quaternary nitrogens is 1. The van der Waals surface area contributed by atoms with E-state index in [-0.39, 0.29) is 0 Å². The van der Waals surface area contributed by atoms with Gasteiger partial charge >= 0.3 is 0 Å². The van der Waals surface area contributed by atoms with E-state index in [0.29, 0.717) is 9.79 Å². The molecule has 4 rings (SSSR count). The van der Waals surface area contributed by atoms with Crippen molar-refractivity contribution in [1.82, 2.24) is 14.3 Å². The van der Waals surface area contributed by atoms with Gasteiger partial charge in [-0.3, -0.25) is 4.57 Å². The molecule has 2 heterocycles. The number of nitrogens with zero attached hydrogens (tertiary/aromatic N) is 4. The molecule has 0 aliphatic carbocycles. The fourth-order valence-corrected chi connectivity index (χ4v) is 3.79. The SMILES string of the molecule is S=c1n(-c2cccc(Cl)c2)cnn1C[NH+]1CCN(c2ccccc2)CC1. The number of hydrogen-bond donors (Lipinski definition) is 1. The van der Waals surface area contributed by atoms with Crippen LogP contribution >= 0.6 is 23.8 Å². The number of benzene rings is 2. The summed E-state index contributed by atoms with van der Waals surface area (Å²) in [4.78, 5) is 3.93. The van der Waals surface area contributed by atoms with Crippen molar-refractivity contribution in [2.45, 2.75) is 6.67 Å². The van der Waals surface area contributed by atoms with Crippen LogP contribution in [-0.2, 0) is 6.67 Å². The second-order valence-corrected chi connectivity index (χ2v) is 7.30. The lowest BCUT2D eigenvalue weighted by Gasteiger charge is -2.33. The lowest BCUT2D eigenvalue weighted by Crippen LogP contribution is -3.14. The van der Waals surface area contributed by atoms with Gasteiger partial charge in [-0.15, -0.1) is 0 Å². The molecule has 1 N–H and O–H groups in total. The second kappa shape index (κ2) is 7.61. The third kappa shape index (κ3) is 3.67. The summed E-state index contributed by atoms with van der Waals surface area (Å²) in [5.41, 5.74) is 2.24. The number of nitrogens with one attached hydrogen (secondary N) is 1. The zero-order chi connectivity index (χ0) is 17.9. The van der Waals surface area contributed by atoms with Gasteiger partial charge in [0.15, 0.2) is 6.67 Å². The van der Waals surface area contributed by atoms with Crippen LogP contribution in [0.1, 0.15) is 0 Å². The first-order valence-electron chi connectivity index (χ1n) is 8.75. The minimum atomic E-state index is 0.694. The topological polar surface area (TPSA) is 30.4 Å². The molecule has 1 saturated heterocycles. The maximum Gasteiger partial charge on any atom is 0.207 e. The molecule has 0 amide bonds. The highest BCUT2D eigenvalue weighted by Gasteiger charge is 2.21. The second-order valence-electron chi connectivity index (χ2n) is 6.49. The fraction of sp³-hybridized carbons (Fsp3) is 0.263. The third-order valence-electron chi connectivity index (χ3n) is 4.79. The highest BCUT2D eigenvalue weighted by atomic mass is 35.5. The van der Waals surface area contributed by atoms with E-state index in [1.807, 2.05) is 33.5 Å². The van der Waals surface area contributed by atoms with Crippen molar-refractivity contribution in [2.24, 2.45) is 0 Å². The number of hydrogen-bond acceptors (Lipinski definition) is 3. The smallest absolute Gasteiger partial charge is 0.207 e. The monoisotopic (exact) mass is 386 g/mol. The molecule has 7 heteroatoms. The number of piperazine rings is 1. The van der Waals surface area contributed by atoms with Crippen molar-refractivity contribution in [3.8, 4) is 5.69 Å². The van der Waals surface area contributed by atoms with Crippen LogP contribution in [0.5, 0.6) is 0 Å². The molecule has 1 aliphatic rings. The number of para-hydroxylation sites is 1. The van der Waals surface area contributed by atoms with Gasteiger partial charge < -0.3 is 9.80 Å². The molecule has 2 aromatic carbocycles. The quantitative estimate of drug-likeness (QED) is 0.698. The Morgan fingerprint density at radius 1 is 1.00 bits per heavy atom. The van der Waals surface area contributed by atoms with Gasteiger partial charge in [-0.25, -0.2) is 0 Å². The van der Waals surface area contributed by atoms with Crippen molar-refractivity contribution in [1.29, 1.82) is 0 Å². The first-order chi connectivity index (χ1) is 12.7. The Kier molecular flexibility index (Phi) is 5.06. The highest BCUT2D eigenvalue weighted by molar-refractivity contribution is 7.71. The van der Waals surface area contributed by atoms with Gasteiger partial charge in [-0.2, -0.15) is 9.78 Å². The molecule has 5 nitrogen and oxygen atoms in total. The van der Waals surface area contributed by atoms with Gasteiger partial charge in [0.05, 0.1) is 31.9 Å². The molecule has 0 unspecified atom stereocenters. The Bertz CT molecular complexity index is 928. The average molecular weight is 387 g/mol. The number of halogens is 1. The molecule has 0 atom stereocenters. The van der Waals surface area contributed by atoms with Gasteiger partial charge in [0.2, 0.25) is 4.77 Å². The van der Waals surface area contributed by atoms with Crippen LogP contribution in [0.4, 0.5) is 5.69 Å². The van der Waals surface area contributed by atoms with Crippen LogP contribution < -0.4 is 9.80 Å². The zero-order valence-electron chi connectivity index (χ0n) is 14.4. The highest BCUT2D eigenvalue weighted by Crippen LogP contribution is 2.15. The van der Waals surface area contributed by atoms with Crippen molar-refractivity contribution in [3.05, 3.63) is 70.7 Å². The van der Waals surface area contributed by atoms with Gasteiger partial charge in [-0.05, 0) is 42.5 Å². The third-order valence-corrected chi connectivity index (χ3v) is 5.43. The van der Waals surface area contributed by atoms with Crippen LogP contribution in [0.15, 0.2) is 60.9 Å². The summed E-state index contributed by atoms with van der Waals surface area (Å²) in [5, 5.41) is 5.19. The fourth-order valence-electron chi connectivity index (χ4n) is 3.34. The van der Waals surface area contributed by atoms with E-state index in [1.54, 1.807) is 6.33 Å². The molecule has 134 valence electrons. The molecule has 1 aliphatic heterocycles. The first-order valence-corrected chi connectivity index (χ1v) is 9.53. The molecule has 0 spiro atoms. The minimum Gasteiger partial charge on any atom is -0.360 e. The molecule has 1 fully saturated rings. The summed E-state index contributed by atoms with van der Waals surface area (Å²) in [5.74, 6) is 0. The normalized spacial score (nSPS) is 15.3. The minimum absolute atomic E-state index is 0.694. The number of rotatable bonds is 4. The lowest BCUT2D eigenvalue weighted by atomic mass is 10.2. The van der Waals surface area contributed by atoms with E-state index in [2.05, 4.69) is 40.3 Å². The number of anilines is 1. The van der Waals surface area contributed by atoms with Crippen molar-refractivity contribution in [3.63, 3.8) is 0 Å². The van der Waals surface area contributed by atoms with Gasteiger partial charge in [-0.1, -0.05) is 35.9 Å². The molecular weight excluding hydrogens is 366 g/mol. The van der Waals surface area contributed by atoms with E-state index in [4.69, 9.17) is 23.8 Å². The summed E-state index contributed by atoms with van der Waals surface area (Å²) < 4.78 is 4.51. The summed E-state index contributed by atoms with van der Waals surface area (Å²) in [7, 11) is 0. The summed E-state index contributed by atoms with van der Waals surface area (Å²) in [6.45, 7) is 5.01. The Labute approximate surface area is 163 Å². The van der Waals surface area contributed by atoms with E-state index in [9.17, 15) is 0 Å². The van der Waals surface area contributed by atoms with Crippen LogP contribution in [0.3, 0.4) is 0 Å². The van der Waals surface area contributed by atoms with E-state index >= 15 is 0 Å². The molecule has 26 heavy (non-hydrogen) atoms. The molecule has 0 bridgehead atoms. The van der Waals surface area contributed by atoms with Gasteiger partial charge in [0.1, 0.15) is 6.33 Å². The average Bonchev–Trinajstić information content (AvgIpc) is 3.03. The lowest BCUT2D eigenvalue weighted by molar-refractivity contribution is -0.924. The maximum atomic E-state index is 6.09. The van der Waals surface area contributed by atoms with Crippen LogP contribution in [-0.4, -0.2) is 40.5 Å². The van der Waals surface area contributed by atoms with Gasteiger partial charge in [0.25, 0.3) is 0 Å². The van der Waals surface area contributed by atoms with Crippen LogP contribution in [0.25, 0.3) is 5.69 Å². The Morgan fingerprint density at radius 2 is 1.73 bits per heavy atom. The summed E-state index contributed by atoms with van der Waals surface area (Å²) in [6, 6.07) is 18.3. The Morgan fingerprint density at radius 3 is 2.46 bits per heavy atom. The Balaban J connectivity index is 1.42. The van der Waals surface area contributed by atoms with Crippen molar-refractivity contribution in [2.75, 3.05) is 31.1 Å². The van der Waals surface area contributed by atoms with E-state index in [0.717, 1.165) is 38.5 Å². The van der Waals surface area contributed by atoms with Crippen LogP contribution in [0.2, 0.25) is 5.02 Å². The predicted octanol–water partition coefficient (Wildman–Crippen LogP) is 2.42. The van der Waals surface area contributed by atoms with Crippen molar-refractivity contribution >= 4 is 29.5 Å². The maximum absolute atomic E-state index is 6.09. The standard InChI is InChI=1S/C19H20ClN5S/c20-16-5-4-8-18(13-16)24-14-21-25(19(24)26)15-22-9-11-23(12-10-22)17-6-2-1-3-7-17/h1-8,13-14H,9-12,15H2/p+1. The molecule has 3 aromatic rings. The molecular formula is C19H21ClN5S+. The number of aromatic nitrogens is 3. The zero-order valence-corrected chi connectivity index (χ0v) is 16.0.